The molecule has 238 valence electrons. The predicted octanol–water partition coefficient (Wildman–Crippen LogP) is 6.07. The lowest BCUT2D eigenvalue weighted by molar-refractivity contribution is -0.136. The second kappa shape index (κ2) is 16.1. The van der Waals surface area contributed by atoms with E-state index in [-0.39, 0.29) is 12.2 Å². The topological polar surface area (TPSA) is 140 Å². The van der Waals surface area contributed by atoms with Crippen molar-refractivity contribution in [3.8, 4) is 17.2 Å². The van der Waals surface area contributed by atoms with Gasteiger partial charge in [0.1, 0.15) is 19.0 Å². The fraction of sp³-hybridized carbons (Fsp3) is 0.258. The number of carbonyl (C=O) groups excluding carboxylic acids is 2. The predicted molar refractivity (Wildman–Crippen MR) is 179 cm³/mol. The quantitative estimate of drug-likeness (QED) is 0.0707. The first-order valence-corrected chi connectivity index (χ1v) is 16.1. The van der Waals surface area contributed by atoms with E-state index in [1.807, 2.05) is 43.3 Å². The van der Waals surface area contributed by atoms with Crippen LogP contribution in [0.4, 0.5) is 4.79 Å². The van der Waals surface area contributed by atoms with Gasteiger partial charge in [-0.25, -0.2) is 9.59 Å². The Morgan fingerprint density at radius 3 is 2.42 bits per heavy atom. The van der Waals surface area contributed by atoms with Crippen LogP contribution in [-0.4, -0.2) is 49.9 Å². The van der Waals surface area contributed by atoms with Crippen molar-refractivity contribution in [3.63, 3.8) is 0 Å². The Bertz CT molecular complexity index is 1580. The van der Waals surface area contributed by atoms with Gasteiger partial charge in [-0.3, -0.25) is 5.43 Å². The number of methoxy groups -OCH3 is 1. The third kappa shape index (κ3) is 9.22. The Morgan fingerprint density at radius 2 is 1.76 bits per heavy atom. The lowest BCUT2D eigenvalue weighted by Crippen LogP contribution is -2.45. The summed E-state index contributed by atoms with van der Waals surface area (Å²) in [5.41, 5.74) is 5.67. The summed E-state index contributed by atoms with van der Waals surface area (Å²) in [6.07, 6.45) is 0.412. The van der Waals surface area contributed by atoms with E-state index in [1.165, 1.54) is 7.11 Å². The van der Waals surface area contributed by atoms with Gasteiger partial charge in [-0.2, -0.15) is 5.10 Å². The van der Waals surface area contributed by atoms with E-state index in [0.29, 0.717) is 41.7 Å². The normalized spacial score (nSPS) is 15.3. The van der Waals surface area contributed by atoms with Crippen LogP contribution < -0.4 is 30.3 Å². The molecule has 4 N–H and O–H groups in total. The first-order chi connectivity index (χ1) is 21.6. The molecular weight excluding hydrogens is 780 g/mol. The summed E-state index contributed by atoms with van der Waals surface area (Å²) in [5, 5.41) is 19.9. The Morgan fingerprint density at radius 1 is 1.04 bits per heavy atom. The zero-order chi connectivity index (χ0) is 32.5. The highest BCUT2D eigenvalue weighted by atomic mass is 79.9. The molecule has 4 rings (SSSR count). The third-order valence-corrected chi connectivity index (χ3v) is 8.13. The number of nitrogens with one attached hydrogen (secondary N) is 3. The molecule has 0 saturated carbocycles. The van der Waals surface area contributed by atoms with Crippen LogP contribution in [0.2, 0.25) is 0 Å². The van der Waals surface area contributed by atoms with Crippen molar-refractivity contribution < 1.29 is 33.6 Å². The number of rotatable bonds is 13. The molecule has 1 aliphatic rings. The van der Waals surface area contributed by atoms with Crippen LogP contribution in [0.1, 0.15) is 36.6 Å². The molecule has 0 saturated heterocycles. The average molecular weight is 811 g/mol. The van der Waals surface area contributed by atoms with Crippen LogP contribution in [0.5, 0.6) is 17.2 Å². The summed E-state index contributed by atoms with van der Waals surface area (Å²) < 4.78 is 24.9. The number of esters is 1. The molecule has 0 radical (unpaired) electrons. The van der Waals surface area contributed by atoms with E-state index in [2.05, 4.69) is 69.0 Å². The highest BCUT2D eigenvalue weighted by Gasteiger charge is 2.32. The number of amides is 2. The summed E-state index contributed by atoms with van der Waals surface area (Å²) in [4.78, 5) is 24.6. The number of carbonyl (C=O) groups is 2. The Balaban J connectivity index is 1.37. The van der Waals surface area contributed by atoms with Gasteiger partial charge in [-0.05, 0) is 98.8 Å². The van der Waals surface area contributed by atoms with Gasteiger partial charge in [0.05, 0.1) is 40.5 Å². The molecule has 0 spiro atoms. The zero-order valence-corrected chi connectivity index (χ0v) is 29.3. The van der Waals surface area contributed by atoms with Gasteiger partial charge in [0.2, 0.25) is 0 Å². The Kier molecular flexibility index (Phi) is 12.3. The van der Waals surface area contributed by atoms with Crippen molar-refractivity contribution in [2.45, 2.75) is 32.7 Å². The second-order valence-corrected chi connectivity index (χ2v) is 12.3. The first kappa shape index (κ1) is 34.3. The highest BCUT2D eigenvalue weighted by Crippen LogP contribution is 2.36. The zero-order valence-electron chi connectivity index (χ0n) is 24.5. The smallest absolute Gasteiger partial charge is 0.337 e. The molecule has 0 unspecified atom stereocenters. The number of urea groups is 1. The Labute approximate surface area is 285 Å². The number of aliphatic hydroxyl groups excluding tert-OH is 1. The minimum absolute atomic E-state index is 0.149. The summed E-state index contributed by atoms with van der Waals surface area (Å²) in [6, 6.07) is 15.4. The molecule has 2 atom stereocenters. The van der Waals surface area contributed by atoms with E-state index in [4.69, 9.17) is 18.9 Å². The van der Waals surface area contributed by atoms with Gasteiger partial charge in [0.15, 0.2) is 17.7 Å². The van der Waals surface area contributed by atoms with Crippen molar-refractivity contribution in [1.82, 2.24) is 16.1 Å². The average Bonchev–Trinajstić information content (AvgIpc) is 3.00. The molecule has 0 bridgehead atoms. The van der Waals surface area contributed by atoms with Gasteiger partial charge in [0, 0.05) is 10.2 Å². The number of benzene rings is 3. The molecule has 1 aliphatic heterocycles. The van der Waals surface area contributed by atoms with Gasteiger partial charge in [-0.1, -0.05) is 34.1 Å². The van der Waals surface area contributed by atoms with Crippen LogP contribution in [0, 0.1) is 0 Å². The maximum Gasteiger partial charge on any atom is 0.337 e. The van der Waals surface area contributed by atoms with E-state index in [9.17, 15) is 14.7 Å². The van der Waals surface area contributed by atoms with Crippen LogP contribution in [0.3, 0.4) is 0 Å². The van der Waals surface area contributed by atoms with Crippen LogP contribution >= 0.6 is 47.8 Å². The van der Waals surface area contributed by atoms with Crippen LogP contribution in [0.15, 0.2) is 84.4 Å². The molecule has 3 aromatic carbocycles. The van der Waals surface area contributed by atoms with E-state index in [1.54, 1.807) is 31.3 Å². The minimum Gasteiger partial charge on any atom is -0.490 e. The molecule has 11 nitrogen and oxygen atoms in total. The van der Waals surface area contributed by atoms with Crippen molar-refractivity contribution >= 4 is 66.0 Å². The van der Waals surface area contributed by atoms with Crippen LogP contribution in [0.25, 0.3) is 0 Å². The lowest BCUT2D eigenvalue weighted by Gasteiger charge is -2.28. The molecule has 0 aromatic heterocycles. The Hall–Kier alpha value is -3.59. The number of halogens is 3. The van der Waals surface area contributed by atoms with Gasteiger partial charge >= 0.3 is 12.0 Å². The summed E-state index contributed by atoms with van der Waals surface area (Å²) >= 11 is 10.5. The molecule has 0 aliphatic carbocycles. The third-order valence-electron chi connectivity index (χ3n) is 6.43. The molecule has 3 aromatic rings. The van der Waals surface area contributed by atoms with Crippen LogP contribution in [-0.2, 0) is 16.1 Å². The van der Waals surface area contributed by atoms with Crippen molar-refractivity contribution in [2.75, 3.05) is 20.3 Å². The number of allylic oxidation sites excluding steroid dienone is 1. The molecule has 14 heteroatoms. The summed E-state index contributed by atoms with van der Waals surface area (Å²) in [7, 11) is 1.28. The first-order valence-electron chi connectivity index (χ1n) is 13.7. The number of hydrazone groups is 1. The number of hydrogen-bond acceptors (Lipinski definition) is 9. The standard InChI is InChI=1S/C31H31Br3N4O7/c1-4-43-25-13-20(28-27(30(40)42-3)17(2)36-31(41)37-28)7-10-24(25)44-16-26(39)38-35-14-19-11-22(33)29(23(34)12-19)45-15-18-5-8-21(32)9-6-18/h5-14,26,28,38-39H,4,15-16H2,1-3H3,(H2,36,37,41)/b35-14-/t26-,28+/m1/s1. The van der Waals surface area contributed by atoms with Gasteiger partial charge < -0.3 is 34.7 Å². The number of aliphatic hydroxyl groups is 1. The highest BCUT2D eigenvalue weighted by molar-refractivity contribution is 9.11. The van der Waals surface area contributed by atoms with Gasteiger partial charge in [0.25, 0.3) is 0 Å². The number of nitrogens with zero attached hydrogens (tertiary/aromatic N) is 1. The van der Waals surface area contributed by atoms with Crippen molar-refractivity contribution in [2.24, 2.45) is 5.10 Å². The largest absolute Gasteiger partial charge is 0.490 e. The van der Waals surface area contributed by atoms with Gasteiger partial charge in [-0.15, -0.1) is 0 Å². The van der Waals surface area contributed by atoms with E-state index >= 15 is 0 Å². The SMILES string of the molecule is CCOc1cc([C@@H]2NC(=O)NC(C)=C2C(=O)OC)ccc1OC[C@@H](O)N/N=C\c1cc(Br)c(OCc2ccc(Br)cc2)c(Br)c1. The molecule has 2 amide bonds. The fourth-order valence-electron chi connectivity index (χ4n) is 4.35. The van der Waals surface area contributed by atoms with Crippen molar-refractivity contribution in [1.29, 1.82) is 0 Å². The summed E-state index contributed by atoms with van der Waals surface area (Å²) in [5.74, 6) is 0.816. The van der Waals surface area contributed by atoms with E-state index < -0.39 is 24.3 Å². The van der Waals surface area contributed by atoms with E-state index in [0.717, 1.165) is 24.5 Å². The molecule has 45 heavy (non-hydrogen) atoms. The fourth-order valence-corrected chi connectivity index (χ4v) is 6.06. The number of hydrogen-bond donors (Lipinski definition) is 4. The minimum atomic E-state index is -1.14. The van der Waals surface area contributed by atoms with Crippen molar-refractivity contribution in [3.05, 3.63) is 96.0 Å². The molecule has 0 fully saturated rings. The molecular formula is C31H31Br3N4O7. The maximum absolute atomic E-state index is 12.4. The maximum atomic E-state index is 12.4. The monoisotopic (exact) mass is 808 g/mol. The molecule has 1 heterocycles. The second-order valence-electron chi connectivity index (χ2n) is 9.64. The number of ether oxygens (including phenoxy) is 4. The summed E-state index contributed by atoms with van der Waals surface area (Å²) in [6.45, 7) is 4.03. The lowest BCUT2D eigenvalue weighted by atomic mass is 9.95.